The highest BCUT2D eigenvalue weighted by Gasteiger charge is 2.12. The number of hydrogen-bond acceptors (Lipinski definition) is 3. The number of aromatic carboxylic acids is 1. The van der Waals surface area contributed by atoms with Crippen molar-refractivity contribution < 1.29 is 9.90 Å². The zero-order valence-electron chi connectivity index (χ0n) is 9.84. The van der Waals surface area contributed by atoms with E-state index in [1.807, 2.05) is 37.1 Å². The van der Waals surface area contributed by atoms with Gasteiger partial charge in [0.05, 0.1) is 11.1 Å². The minimum absolute atomic E-state index is 0.297. The Kier molecular flexibility index (Phi) is 2.95. The van der Waals surface area contributed by atoms with Gasteiger partial charge in [-0.05, 0) is 19.1 Å². The molecule has 0 spiro atoms. The maximum atomic E-state index is 11.2. The fraction of sp³-hybridized carbons (Fsp3) is 0.231. The standard InChI is InChI=1S/C13H14N2O2/c1-3-15(2)12-8-10(13(16)17)9-6-4-5-7-11(9)14-12/h4-8H,3H2,1-2H3,(H,16,17). The van der Waals surface area contributed by atoms with E-state index in [0.717, 1.165) is 6.54 Å². The van der Waals surface area contributed by atoms with Crippen molar-refractivity contribution in [1.29, 1.82) is 0 Å². The highest BCUT2D eigenvalue weighted by atomic mass is 16.4. The minimum atomic E-state index is -0.922. The molecule has 4 nitrogen and oxygen atoms in total. The molecule has 0 atom stereocenters. The van der Waals surface area contributed by atoms with E-state index in [4.69, 9.17) is 0 Å². The van der Waals surface area contributed by atoms with Gasteiger partial charge in [-0.3, -0.25) is 0 Å². The molecule has 0 unspecified atom stereocenters. The molecular weight excluding hydrogens is 216 g/mol. The summed E-state index contributed by atoms with van der Waals surface area (Å²) in [5.74, 6) is -0.238. The lowest BCUT2D eigenvalue weighted by Crippen LogP contribution is -2.18. The summed E-state index contributed by atoms with van der Waals surface area (Å²) in [6.45, 7) is 2.78. The zero-order valence-corrected chi connectivity index (χ0v) is 9.84. The van der Waals surface area contributed by atoms with Crippen LogP contribution in [0.15, 0.2) is 30.3 Å². The Bertz CT molecular complexity index is 566. The monoisotopic (exact) mass is 230 g/mol. The third-order valence-electron chi connectivity index (χ3n) is 2.80. The number of para-hydroxylation sites is 1. The van der Waals surface area contributed by atoms with E-state index in [-0.39, 0.29) is 0 Å². The minimum Gasteiger partial charge on any atom is -0.478 e. The predicted molar refractivity (Wildman–Crippen MR) is 67.6 cm³/mol. The molecule has 1 N–H and O–H groups in total. The summed E-state index contributed by atoms with van der Waals surface area (Å²) < 4.78 is 0. The van der Waals surface area contributed by atoms with Gasteiger partial charge >= 0.3 is 5.97 Å². The molecule has 0 radical (unpaired) electrons. The van der Waals surface area contributed by atoms with Crippen molar-refractivity contribution in [1.82, 2.24) is 4.98 Å². The lowest BCUT2D eigenvalue weighted by Gasteiger charge is -2.17. The second kappa shape index (κ2) is 4.41. The molecule has 0 saturated carbocycles. The molecule has 0 amide bonds. The number of nitrogens with zero attached hydrogens (tertiary/aromatic N) is 2. The van der Waals surface area contributed by atoms with E-state index < -0.39 is 5.97 Å². The molecule has 2 rings (SSSR count). The number of rotatable bonds is 3. The molecule has 0 saturated heterocycles. The van der Waals surface area contributed by atoms with E-state index in [0.29, 0.717) is 22.3 Å². The van der Waals surface area contributed by atoms with Crippen LogP contribution in [-0.2, 0) is 0 Å². The Morgan fingerprint density at radius 2 is 2.12 bits per heavy atom. The van der Waals surface area contributed by atoms with Crippen molar-refractivity contribution in [2.75, 3.05) is 18.5 Å². The smallest absolute Gasteiger partial charge is 0.336 e. The second-order valence-corrected chi connectivity index (χ2v) is 3.86. The van der Waals surface area contributed by atoms with Gasteiger partial charge in [0, 0.05) is 19.0 Å². The first-order chi connectivity index (χ1) is 8.13. The number of pyridine rings is 1. The van der Waals surface area contributed by atoms with Crippen molar-refractivity contribution >= 4 is 22.7 Å². The number of fused-ring (bicyclic) bond motifs is 1. The highest BCUT2D eigenvalue weighted by Crippen LogP contribution is 2.22. The molecule has 0 bridgehead atoms. The molecule has 1 aromatic heterocycles. The summed E-state index contributed by atoms with van der Waals surface area (Å²) >= 11 is 0. The summed E-state index contributed by atoms with van der Waals surface area (Å²) in [6, 6.07) is 8.90. The molecule has 0 aliphatic rings. The fourth-order valence-corrected chi connectivity index (χ4v) is 1.70. The lowest BCUT2D eigenvalue weighted by molar-refractivity contribution is 0.0699. The largest absolute Gasteiger partial charge is 0.478 e. The lowest BCUT2D eigenvalue weighted by atomic mass is 10.1. The van der Waals surface area contributed by atoms with Crippen molar-refractivity contribution in [3.05, 3.63) is 35.9 Å². The third kappa shape index (κ3) is 2.06. The van der Waals surface area contributed by atoms with Gasteiger partial charge in [-0.15, -0.1) is 0 Å². The molecule has 1 heterocycles. The van der Waals surface area contributed by atoms with Crippen molar-refractivity contribution in [3.8, 4) is 0 Å². The van der Waals surface area contributed by atoms with Crippen LogP contribution in [0.4, 0.5) is 5.82 Å². The van der Waals surface area contributed by atoms with Crippen LogP contribution in [0.1, 0.15) is 17.3 Å². The zero-order chi connectivity index (χ0) is 12.4. The highest BCUT2D eigenvalue weighted by molar-refractivity contribution is 6.03. The molecule has 1 aromatic carbocycles. The Balaban J connectivity index is 2.71. The predicted octanol–water partition coefficient (Wildman–Crippen LogP) is 2.39. The maximum Gasteiger partial charge on any atom is 0.336 e. The normalized spacial score (nSPS) is 10.5. The summed E-state index contributed by atoms with van der Waals surface area (Å²) in [5, 5.41) is 9.89. The number of aromatic nitrogens is 1. The van der Waals surface area contributed by atoms with Crippen LogP contribution >= 0.6 is 0 Å². The quantitative estimate of drug-likeness (QED) is 0.879. The van der Waals surface area contributed by atoms with Crippen LogP contribution in [0, 0.1) is 0 Å². The number of benzene rings is 1. The van der Waals surface area contributed by atoms with Crippen LogP contribution in [0.25, 0.3) is 10.9 Å². The van der Waals surface area contributed by atoms with Gasteiger partial charge in [0.15, 0.2) is 0 Å². The summed E-state index contributed by atoms with van der Waals surface area (Å²) in [4.78, 5) is 17.6. The Morgan fingerprint density at radius 3 is 2.76 bits per heavy atom. The van der Waals surface area contributed by atoms with Crippen molar-refractivity contribution in [2.45, 2.75) is 6.92 Å². The molecule has 17 heavy (non-hydrogen) atoms. The number of carboxylic acid groups (broad SMARTS) is 1. The second-order valence-electron chi connectivity index (χ2n) is 3.86. The van der Waals surface area contributed by atoms with E-state index in [1.54, 1.807) is 12.1 Å². The molecule has 0 aliphatic heterocycles. The summed E-state index contributed by atoms with van der Waals surface area (Å²) in [7, 11) is 1.89. The average molecular weight is 230 g/mol. The van der Waals surface area contributed by atoms with Crippen LogP contribution in [0.2, 0.25) is 0 Å². The van der Waals surface area contributed by atoms with Crippen LogP contribution in [0.5, 0.6) is 0 Å². The van der Waals surface area contributed by atoms with Crippen LogP contribution in [0.3, 0.4) is 0 Å². The molecule has 88 valence electrons. The van der Waals surface area contributed by atoms with Crippen LogP contribution < -0.4 is 4.90 Å². The van der Waals surface area contributed by atoms with E-state index in [9.17, 15) is 9.90 Å². The molecule has 2 aromatic rings. The topological polar surface area (TPSA) is 53.4 Å². The average Bonchev–Trinajstić information content (AvgIpc) is 2.36. The van der Waals surface area contributed by atoms with Gasteiger partial charge in [0.25, 0.3) is 0 Å². The van der Waals surface area contributed by atoms with Gasteiger partial charge in [0.2, 0.25) is 0 Å². The Morgan fingerprint density at radius 1 is 1.41 bits per heavy atom. The number of carbonyl (C=O) groups is 1. The SMILES string of the molecule is CCN(C)c1cc(C(=O)O)c2ccccc2n1. The van der Waals surface area contributed by atoms with Gasteiger partial charge in [-0.2, -0.15) is 0 Å². The number of carboxylic acids is 1. The molecule has 0 aliphatic carbocycles. The number of hydrogen-bond donors (Lipinski definition) is 1. The van der Waals surface area contributed by atoms with Gasteiger partial charge in [-0.1, -0.05) is 18.2 Å². The number of anilines is 1. The van der Waals surface area contributed by atoms with E-state index in [2.05, 4.69) is 4.98 Å². The first-order valence-corrected chi connectivity index (χ1v) is 5.47. The molecule has 4 heteroatoms. The van der Waals surface area contributed by atoms with Gasteiger partial charge in [0.1, 0.15) is 5.82 Å². The first kappa shape index (κ1) is 11.4. The Hall–Kier alpha value is -2.10. The fourth-order valence-electron chi connectivity index (χ4n) is 1.70. The van der Waals surface area contributed by atoms with Crippen molar-refractivity contribution in [2.24, 2.45) is 0 Å². The van der Waals surface area contributed by atoms with E-state index in [1.165, 1.54) is 0 Å². The van der Waals surface area contributed by atoms with Crippen LogP contribution in [-0.4, -0.2) is 29.7 Å². The first-order valence-electron chi connectivity index (χ1n) is 5.47. The summed E-state index contributed by atoms with van der Waals surface area (Å²) in [5.41, 5.74) is 1.01. The van der Waals surface area contributed by atoms with Gasteiger partial charge < -0.3 is 10.0 Å². The molecular formula is C13H14N2O2. The maximum absolute atomic E-state index is 11.2. The molecule has 0 fully saturated rings. The van der Waals surface area contributed by atoms with Crippen molar-refractivity contribution in [3.63, 3.8) is 0 Å². The third-order valence-corrected chi connectivity index (χ3v) is 2.80. The van der Waals surface area contributed by atoms with Gasteiger partial charge in [-0.25, -0.2) is 9.78 Å². The Labute approximate surface area is 99.5 Å². The summed E-state index contributed by atoms with van der Waals surface area (Å²) in [6.07, 6.45) is 0. The van der Waals surface area contributed by atoms with E-state index >= 15 is 0 Å².